The summed E-state index contributed by atoms with van der Waals surface area (Å²) in [5.74, 6) is 6.15. The molecule has 140 valence electrons. The Balaban J connectivity index is 1.86. The van der Waals surface area contributed by atoms with E-state index in [9.17, 15) is 9.18 Å². The van der Waals surface area contributed by atoms with E-state index < -0.39 is 5.25 Å². The number of rotatable bonds is 6. The normalized spacial score (nSPS) is 12.0. The van der Waals surface area contributed by atoms with Gasteiger partial charge >= 0.3 is 0 Å². The first-order chi connectivity index (χ1) is 13.0. The van der Waals surface area contributed by atoms with Gasteiger partial charge in [-0.2, -0.15) is 0 Å². The van der Waals surface area contributed by atoms with Gasteiger partial charge in [-0.15, -0.1) is 10.2 Å². The first-order valence-electron chi connectivity index (χ1n) is 8.33. The van der Waals surface area contributed by atoms with Gasteiger partial charge in [0.1, 0.15) is 11.1 Å². The minimum Gasteiger partial charge on any atom is -0.348 e. The average molecular weight is 385 g/mol. The summed E-state index contributed by atoms with van der Waals surface area (Å²) in [6, 6.07) is 15.9. The Hall–Kier alpha value is -2.87. The third-order valence-corrected chi connectivity index (χ3v) is 5.23. The summed E-state index contributed by atoms with van der Waals surface area (Å²) in [6.45, 7) is 0. The van der Waals surface area contributed by atoms with Gasteiger partial charge < -0.3 is 10.7 Å². The molecule has 0 unspecified atom stereocenters. The Morgan fingerprint density at radius 3 is 2.48 bits per heavy atom. The highest BCUT2D eigenvalue weighted by molar-refractivity contribution is 8.00. The van der Waals surface area contributed by atoms with Gasteiger partial charge in [0.15, 0.2) is 5.82 Å². The number of hydrogen-bond donors (Lipinski definition) is 1. The van der Waals surface area contributed by atoms with Crippen LogP contribution >= 0.6 is 11.8 Å². The van der Waals surface area contributed by atoms with Gasteiger partial charge in [0.05, 0.1) is 0 Å². The number of benzene rings is 2. The molecular formula is C19H20FN5OS. The van der Waals surface area contributed by atoms with E-state index in [4.69, 9.17) is 5.84 Å². The molecule has 27 heavy (non-hydrogen) atoms. The molecular weight excluding hydrogens is 365 g/mol. The maximum atomic E-state index is 13.9. The monoisotopic (exact) mass is 385 g/mol. The van der Waals surface area contributed by atoms with Crippen LogP contribution in [0.15, 0.2) is 59.8 Å². The second-order valence-electron chi connectivity index (χ2n) is 6.18. The molecule has 1 aromatic heterocycles. The molecule has 1 heterocycles. The van der Waals surface area contributed by atoms with Crippen molar-refractivity contribution in [2.75, 3.05) is 19.9 Å². The van der Waals surface area contributed by atoms with Crippen LogP contribution in [-0.2, 0) is 11.2 Å². The molecule has 0 bridgehead atoms. The molecule has 0 spiro atoms. The van der Waals surface area contributed by atoms with Crippen LogP contribution in [0.5, 0.6) is 0 Å². The Morgan fingerprint density at radius 1 is 1.15 bits per heavy atom. The molecule has 1 amide bonds. The van der Waals surface area contributed by atoms with Gasteiger partial charge in [-0.3, -0.25) is 4.79 Å². The van der Waals surface area contributed by atoms with E-state index in [2.05, 4.69) is 10.2 Å². The molecule has 6 nitrogen and oxygen atoms in total. The zero-order chi connectivity index (χ0) is 19.4. The van der Waals surface area contributed by atoms with Gasteiger partial charge in [0, 0.05) is 20.5 Å². The van der Waals surface area contributed by atoms with Crippen LogP contribution in [0.4, 0.5) is 4.39 Å². The van der Waals surface area contributed by atoms with E-state index in [1.807, 2.05) is 30.3 Å². The number of nitrogens with zero attached hydrogens (tertiary/aromatic N) is 4. The fraction of sp³-hybridized carbons (Fsp3) is 0.211. The predicted molar refractivity (Wildman–Crippen MR) is 103 cm³/mol. The van der Waals surface area contributed by atoms with E-state index in [-0.39, 0.29) is 18.1 Å². The van der Waals surface area contributed by atoms with Crippen molar-refractivity contribution in [3.63, 3.8) is 0 Å². The summed E-state index contributed by atoms with van der Waals surface area (Å²) < 4.78 is 15.2. The minimum absolute atomic E-state index is 0.0788. The molecule has 0 radical (unpaired) electrons. The number of hydrogen-bond acceptors (Lipinski definition) is 5. The molecule has 0 aliphatic rings. The van der Waals surface area contributed by atoms with E-state index in [1.54, 1.807) is 32.3 Å². The zero-order valence-corrected chi connectivity index (χ0v) is 15.9. The van der Waals surface area contributed by atoms with Crippen LogP contribution in [0.3, 0.4) is 0 Å². The number of amides is 1. The number of aromatic nitrogens is 3. The summed E-state index contributed by atoms with van der Waals surface area (Å²) in [7, 11) is 3.41. The Bertz CT molecular complexity index is 929. The summed E-state index contributed by atoms with van der Waals surface area (Å²) >= 11 is 1.22. The first kappa shape index (κ1) is 18.9. The number of halogens is 1. The fourth-order valence-electron chi connectivity index (χ4n) is 2.55. The van der Waals surface area contributed by atoms with E-state index in [1.165, 1.54) is 27.4 Å². The average Bonchev–Trinajstić information content (AvgIpc) is 3.01. The third kappa shape index (κ3) is 4.28. The Kier molecular flexibility index (Phi) is 5.75. The predicted octanol–water partition coefficient (Wildman–Crippen LogP) is 2.64. The maximum absolute atomic E-state index is 13.9. The minimum atomic E-state index is -0.506. The summed E-state index contributed by atoms with van der Waals surface area (Å²) in [4.78, 5) is 14.2. The second-order valence-corrected chi connectivity index (χ2v) is 7.25. The fourth-order valence-corrected chi connectivity index (χ4v) is 3.67. The molecule has 0 fully saturated rings. The van der Waals surface area contributed by atoms with E-state index >= 15 is 0 Å². The summed E-state index contributed by atoms with van der Waals surface area (Å²) in [5, 5.41) is 8.07. The molecule has 1 atom stereocenters. The van der Waals surface area contributed by atoms with Crippen molar-refractivity contribution < 1.29 is 9.18 Å². The smallest absolute Gasteiger partial charge is 0.240 e. The van der Waals surface area contributed by atoms with Crippen LogP contribution < -0.4 is 5.84 Å². The van der Waals surface area contributed by atoms with Crippen molar-refractivity contribution in [3.8, 4) is 0 Å². The third-order valence-electron chi connectivity index (χ3n) is 4.03. The van der Waals surface area contributed by atoms with Gasteiger partial charge in [-0.05, 0) is 17.2 Å². The van der Waals surface area contributed by atoms with Crippen molar-refractivity contribution in [2.24, 2.45) is 0 Å². The van der Waals surface area contributed by atoms with Crippen LogP contribution in [0.1, 0.15) is 22.2 Å². The molecule has 0 saturated carbocycles. The number of nitrogen functional groups attached to an aromatic ring is 1. The summed E-state index contributed by atoms with van der Waals surface area (Å²) in [5.41, 5.74) is 1.33. The van der Waals surface area contributed by atoms with Crippen molar-refractivity contribution >= 4 is 17.7 Å². The number of thioether (sulfide) groups is 1. The molecule has 0 aliphatic heterocycles. The van der Waals surface area contributed by atoms with Gasteiger partial charge in [0.25, 0.3) is 0 Å². The van der Waals surface area contributed by atoms with Crippen molar-refractivity contribution in [2.45, 2.75) is 16.8 Å². The number of carbonyl (C=O) groups is 1. The second kappa shape index (κ2) is 8.22. The molecule has 0 aliphatic carbocycles. The Labute approximate surface area is 161 Å². The highest BCUT2D eigenvalue weighted by atomic mass is 32.2. The molecule has 3 aromatic rings. The number of likely N-dealkylation sites (N-methyl/N-ethyl adjacent to an activating group) is 1. The van der Waals surface area contributed by atoms with Gasteiger partial charge in [0.2, 0.25) is 11.1 Å². The van der Waals surface area contributed by atoms with E-state index in [0.717, 1.165) is 5.56 Å². The molecule has 2 aromatic carbocycles. The largest absolute Gasteiger partial charge is 0.348 e. The van der Waals surface area contributed by atoms with Gasteiger partial charge in [-0.1, -0.05) is 60.3 Å². The number of carbonyl (C=O) groups excluding carboxylic acids is 1. The summed E-state index contributed by atoms with van der Waals surface area (Å²) in [6.07, 6.45) is 0.217. The molecule has 0 saturated heterocycles. The van der Waals surface area contributed by atoms with Crippen LogP contribution in [0.25, 0.3) is 0 Å². The lowest BCUT2D eigenvalue weighted by Gasteiger charge is -2.20. The van der Waals surface area contributed by atoms with Gasteiger partial charge in [-0.25, -0.2) is 9.07 Å². The van der Waals surface area contributed by atoms with Crippen LogP contribution in [-0.4, -0.2) is 39.8 Å². The lowest BCUT2D eigenvalue weighted by molar-refractivity contribution is -0.128. The van der Waals surface area contributed by atoms with Crippen LogP contribution in [0, 0.1) is 5.82 Å². The topological polar surface area (TPSA) is 77.0 Å². The molecule has 8 heteroatoms. The molecule has 2 N–H and O–H groups in total. The van der Waals surface area contributed by atoms with Crippen molar-refractivity contribution in [1.82, 2.24) is 19.8 Å². The molecule has 3 rings (SSSR count). The maximum Gasteiger partial charge on any atom is 0.240 e. The van der Waals surface area contributed by atoms with E-state index in [0.29, 0.717) is 16.5 Å². The standard InChI is InChI=1S/C19H20FN5OS/c1-24(2)18(26)17(13-8-4-3-5-9-13)27-19-23-22-16(25(19)21)12-14-10-6-7-11-15(14)20/h3-11,17H,12,21H2,1-2H3/t17-/m0/s1. The van der Waals surface area contributed by atoms with Crippen LogP contribution in [0.2, 0.25) is 0 Å². The zero-order valence-electron chi connectivity index (χ0n) is 15.0. The first-order valence-corrected chi connectivity index (χ1v) is 9.21. The highest BCUT2D eigenvalue weighted by Gasteiger charge is 2.26. The highest BCUT2D eigenvalue weighted by Crippen LogP contribution is 2.35. The number of nitrogens with two attached hydrogens (primary N) is 1. The lowest BCUT2D eigenvalue weighted by atomic mass is 10.1. The van der Waals surface area contributed by atoms with Crippen molar-refractivity contribution in [3.05, 3.63) is 77.4 Å². The Morgan fingerprint density at radius 2 is 1.81 bits per heavy atom. The quantitative estimate of drug-likeness (QED) is 0.521. The lowest BCUT2D eigenvalue weighted by Crippen LogP contribution is -2.27. The SMILES string of the molecule is CN(C)C(=O)[C@@H](Sc1nnc(Cc2ccccc2F)n1N)c1ccccc1. The van der Waals surface area contributed by atoms with Crippen molar-refractivity contribution in [1.29, 1.82) is 0 Å².